The fourth-order valence-corrected chi connectivity index (χ4v) is 2.52. The third-order valence-electron chi connectivity index (χ3n) is 3.86. The Hall–Kier alpha value is -2.96. The van der Waals surface area contributed by atoms with Gasteiger partial charge in [-0.05, 0) is 35.2 Å². The first-order chi connectivity index (χ1) is 11.6. The monoisotopic (exact) mass is 322 g/mol. The number of nitrogens with zero attached hydrogens (tertiary/aromatic N) is 1. The maximum Gasteiger partial charge on any atom is 0.255 e. The minimum absolute atomic E-state index is 0.427. The van der Waals surface area contributed by atoms with Crippen molar-refractivity contribution in [2.75, 3.05) is 11.1 Å². The number of aromatic nitrogens is 1. The van der Waals surface area contributed by atoms with Gasteiger partial charge in [0.05, 0.1) is 6.04 Å². The Morgan fingerprint density at radius 1 is 1.12 bits per heavy atom. The van der Waals surface area contributed by atoms with Crippen molar-refractivity contribution >= 4 is 28.2 Å². The van der Waals surface area contributed by atoms with E-state index in [0.717, 1.165) is 10.8 Å². The van der Waals surface area contributed by atoms with Crippen LogP contribution in [0.1, 0.15) is 11.6 Å². The van der Waals surface area contributed by atoms with Gasteiger partial charge in [-0.15, -0.1) is 0 Å². The number of aliphatic hydroxyl groups excluding tert-OH is 1. The molecule has 0 radical (unpaired) electrons. The van der Waals surface area contributed by atoms with E-state index in [1.54, 1.807) is 42.6 Å². The zero-order chi connectivity index (χ0) is 17.1. The Kier molecular flexibility index (Phi) is 4.41. The lowest BCUT2D eigenvalue weighted by atomic mass is 10.0. The van der Waals surface area contributed by atoms with Crippen molar-refractivity contribution in [3.63, 3.8) is 0 Å². The zero-order valence-corrected chi connectivity index (χ0v) is 12.9. The van der Waals surface area contributed by atoms with Gasteiger partial charge < -0.3 is 21.9 Å². The Morgan fingerprint density at radius 2 is 1.88 bits per heavy atom. The quantitative estimate of drug-likeness (QED) is 0.585. The normalized spacial score (nSPS) is 13.4. The summed E-state index contributed by atoms with van der Waals surface area (Å²) in [6.45, 7) is 0. The molecule has 2 aromatic carbocycles. The standard InChI is InChI=1S/C18H18N4O2/c19-15(11-4-2-1-3-5-11)16(23)18(24)22-13-6-7-14-12(10-13)8-9-21-17(14)20/h1-10,15-16,23H,19H2,(H2,20,21)(H,22,24)/t15-,16+/m0/s1. The molecule has 3 aromatic rings. The lowest BCUT2D eigenvalue weighted by Gasteiger charge is -2.19. The molecule has 0 bridgehead atoms. The number of nitrogen functional groups attached to an aromatic ring is 1. The lowest BCUT2D eigenvalue weighted by molar-refractivity contribution is -0.125. The number of rotatable bonds is 4. The first-order valence-corrected chi connectivity index (χ1v) is 7.50. The van der Waals surface area contributed by atoms with E-state index in [1.807, 2.05) is 18.2 Å². The van der Waals surface area contributed by atoms with Gasteiger partial charge >= 0.3 is 0 Å². The summed E-state index contributed by atoms with van der Waals surface area (Å²) in [7, 11) is 0. The average Bonchev–Trinajstić information content (AvgIpc) is 2.61. The molecule has 1 aromatic heterocycles. The molecule has 3 rings (SSSR count). The predicted molar refractivity (Wildman–Crippen MR) is 94.2 cm³/mol. The molecule has 122 valence electrons. The molecule has 0 aliphatic carbocycles. The first kappa shape index (κ1) is 15.9. The van der Waals surface area contributed by atoms with Crippen molar-refractivity contribution in [1.29, 1.82) is 0 Å². The van der Waals surface area contributed by atoms with Crippen molar-refractivity contribution < 1.29 is 9.90 Å². The molecule has 0 spiro atoms. The number of benzene rings is 2. The maximum absolute atomic E-state index is 12.3. The number of pyridine rings is 1. The van der Waals surface area contributed by atoms with Crippen molar-refractivity contribution in [2.45, 2.75) is 12.1 Å². The van der Waals surface area contributed by atoms with Crippen LogP contribution in [0.3, 0.4) is 0 Å². The average molecular weight is 322 g/mol. The van der Waals surface area contributed by atoms with E-state index in [9.17, 15) is 9.90 Å². The number of amides is 1. The first-order valence-electron chi connectivity index (χ1n) is 7.50. The van der Waals surface area contributed by atoms with Crippen LogP contribution in [0.2, 0.25) is 0 Å². The van der Waals surface area contributed by atoms with E-state index < -0.39 is 18.1 Å². The molecular weight excluding hydrogens is 304 g/mol. The Bertz CT molecular complexity index is 867. The third kappa shape index (κ3) is 3.19. The molecule has 0 saturated heterocycles. The summed E-state index contributed by atoms with van der Waals surface area (Å²) in [6.07, 6.45) is 0.245. The van der Waals surface area contributed by atoms with Crippen LogP contribution in [0.25, 0.3) is 10.8 Å². The van der Waals surface area contributed by atoms with Crippen LogP contribution in [0, 0.1) is 0 Å². The SMILES string of the molecule is Nc1nccc2cc(NC(=O)[C@H](O)[C@@H](N)c3ccccc3)ccc12. The number of anilines is 2. The summed E-state index contributed by atoms with van der Waals surface area (Å²) in [5, 5.41) is 14.5. The van der Waals surface area contributed by atoms with E-state index in [2.05, 4.69) is 10.3 Å². The van der Waals surface area contributed by atoms with E-state index in [4.69, 9.17) is 11.5 Å². The van der Waals surface area contributed by atoms with Gasteiger partial charge in [-0.2, -0.15) is 0 Å². The summed E-state index contributed by atoms with van der Waals surface area (Å²) in [5.74, 6) is -0.135. The molecule has 0 fully saturated rings. The second-order valence-electron chi connectivity index (χ2n) is 5.50. The summed E-state index contributed by atoms with van der Waals surface area (Å²) in [5.41, 5.74) is 13.0. The number of aliphatic hydroxyl groups is 1. The van der Waals surface area contributed by atoms with E-state index in [-0.39, 0.29) is 0 Å². The van der Waals surface area contributed by atoms with Crippen LogP contribution in [0.5, 0.6) is 0 Å². The number of nitrogens with one attached hydrogen (secondary N) is 1. The highest BCUT2D eigenvalue weighted by Crippen LogP contribution is 2.23. The lowest BCUT2D eigenvalue weighted by Crippen LogP contribution is -2.37. The second-order valence-corrected chi connectivity index (χ2v) is 5.50. The highest BCUT2D eigenvalue weighted by molar-refractivity contribution is 5.98. The van der Waals surface area contributed by atoms with Crippen LogP contribution in [-0.2, 0) is 4.79 Å². The van der Waals surface area contributed by atoms with E-state index in [0.29, 0.717) is 17.1 Å². The van der Waals surface area contributed by atoms with Crippen LogP contribution < -0.4 is 16.8 Å². The second kappa shape index (κ2) is 6.66. The molecule has 1 heterocycles. The van der Waals surface area contributed by atoms with Crippen LogP contribution in [0.15, 0.2) is 60.8 Å². The Labute approximate surface area is 139 Å². The molecule has 0 aliphatic rings. The minimum atomic E-state index is -1.36. The third-order valence-corrected chi connectivity index (χ3v) is 3.86. The van der Waals surface area contributed by atoms with Crippen molar-refractivity contribution in [3.8, 4) is 0 Å². The molecule has 0 aliphatic heterocycles. The smallest absolute Gasteiger partial charge is 0.255 e. The molecule has 24 heavy (non-hydrogen) atoms. The highest BCUT2D eigenvalue weighted by Gasteiger charge is 2.24. The van der Waals surface area contributed by atoms with E-state index in [1.165, 1.54) is 0 Å². The Balaban J connectivity index is 1.77. The van der Waals surface area contributed by atoms with E-state index >= 15 is 0 Å². The molecule has 6 heteroatoms. The summed E-state index contributed by atoms with van der Waals surface area (Å²) < 4.78 is 0. The summed E-state index contributed by atoms with van der Waals surface area (Å²) >= 11 is 0. The predicted octanol–water partition coefficient (Wildman–Crippen LogP) is 1.82. The molecule has 6 N–H and O–H groups in total. The number of nitrogens with two attached hydrogens (primary N) is 2. The number of carbonyl (C=O) groups excluding carboxylic acids is 1. The van der Waals surface area contributed by atoms with Gasteiger partial charge in [-0.3, -0.25) is 4.79 Å². The summed E-state index contributed by atoms with van der Waals surface area (Å²) in [6, 6.07) is 15.3. The van der Waals surface area contributed by atoms with Crippen LogP contribution in [0.4, 0.5) is 11.5 Å². The topological polar surface area (TPSA) is 114 Å². The van der Waals surface area contributed by atoms with Crippen LogP contribution >= 0.6 is 0 Å². The number of fused-ring (bicyclic) bond motifs is 1. The Morgan fingerprint density at radius 3 is 2.62 bits per heavy atom. The minimum Gasteiger partial charge on any atom is -0.383 e. The summed E-state index contributed by atoms with van der Waals surface area (Å²) in [4.78, 5) is 16.3. The van der Waals surface area contributed by atoms with Gasteiger partial charge in [-0.1, -0.05) is 30.3 Å². The molecular formula is C18H18N4O2. The maximum atomic E-state index is 12.3. The number of carbonyl (C=O) groups is 1. The van der Waals surface area contributed by atoms with Crippen LogP contribution in [-0.4, -0.2) is 22.1 Å². The van der Waals surface area contributed by atoms with Gasteiger partial charge in [0.25, 0.3) is 5.91 Å². The fourth-order valence-electron chi connectivity index (χ4n) is 2.52. The zero-order valence-electron chi connectivity index (χ0n) is 12.9. The fraction of sp³-hybridized carbons (Fsp3) is 0.111. The molecule has 6 nitrogen and oxygen atoms in total. The van der Waals surface area contributed by atoms with Crippen molar-refractivity contribution in [2.24, 2.45) is 5.73 Å². The largest absolute Gasteiger partial charge is 0.383 e. The highest BCUT2D eigenvalue weighted by atomic mass is 16.3. The molecule has 0 unspecified atom stereocenters. The number of hydrogen-bond acceptors (Lipinski definition) is 5. The van der Waals surface area contributed by atoms with Gasteiger partial charge in [0.2, 0.25) is 0 Å². The van der Waals surface area contributed by atoms with Gasteiger partial charge in [0.1, 0.15) is 5.82 Å². The number of hydrogen-bond donors (Lipinski definition) is 4. The van der Waals surface area contributed by atoms with Crippen molar-refractivity contribution in [3.05, 3.63) is 66.4 Å². The molecule has 1 amide bonds. The van der Waals surface area contributed by atoms with Gasteiger partial charge in [-0.25, -0.2) is 4.98 Å². The van der Waals surface area contributed by atoms with Crippen molar-refractivity contribution in [1.82, 2.24) is 4.98 Å². The molecule has 2 atom stereocenters. The van der Waals surface area contributed by atoms with Gasteiger partial charge in [0, 0.05) is 17.3 Å². The molecule has 0 saturated carbocycles. The van der Waals surface area contributed by atoms with Gasteiger partial charge in [0.15, 0.2) is 6.10 Å².